The molecule has 5 aromatic carbocycles. The van der Waals surface area contributed by atoms with E-state index in [2.05, 4.69) is 149 Å². The second-order valence-electron chi connectivity index (χ2n) is 9.69. The molecule has 8 aromatic rings. The highest BCUT2D eigenvalue weighted by molar-refractivity contribution is 6.09. The van der Waals surface area contributed by atoms with Gasteiger partial charge in [-0.15, -0.1) is 0 Å². The fraction of sp³-hybridized carbons (Fsp3) is 0. The van der Waals surface area contributed by atoms with Gasteiger partial charge in [-0.05, 0) is 46.2 Å². The molecule has 178 valence electrons. The third kappa shape index (κ3) is 3.06. The molecule has 38 heavy (non-hydrogen) atoms. The molecule has 0 radical (unpaired) electrons. The zero-order valence-electron chi connectivity index (χ0n) is 20.6. The monoisotopic (exact) mass is 485 g/mol. The summed E-state index contributed by atoms with van der Waals surface area (Å²) in [4.78, 5) is 5.28. The van der Waals surface area contributed by atoms with Crippen LogP contribution in [-0.4, -0.2) is 14.0 Å². The molecule has 0 aliphatic rings. The van der Waals surface area contributed by atoms with Crippen LogP contribution in [0.5, 0.6) is 0 Å². The standard InChI is InChI=1S/C35H23N3/c1-2-12-27-24(10-1)11-9-15-28(27)25-19-21-26(22-20-25)34-33-18-7-8-23-37(33)35(36-34)38-31-16-5-3-13-29(31)30-14-4-6-17-32(30)38/h1-23H. The number of hydrogen-bond acceptors (Lipinski definition) is 1. The summed E-state index contributed by atoms with van der Waals surface area (Å²) >= 11 is 0. The van der Waals surface area contributed by atoms with Gasteiger partial charge in [-0.1, -0.05) is 109 Å². The van der Waals surface area contributed by atoms with Crippen LogP contribution in [-0.2, 0) is 0 Å². The first kappa shape index (κ1) is 21.0. The predicted octanol–water partition coefficient (Wildman–Crippen LogP) is 8.92. The molecular formula is C35H23N3. The molecule has 0 saturated heterocycles. The van der Waals surface area contributed by atoms with Gasteiger partial charge in [-0.2, -0.15) is 0 Å². The Morgan fingerprint density at radius 2 is 1.03 bits per heavy atom. The minimum absolute atomic E-state index is 0.895. The smallest absolute Gasteiger partial charge is 0.220 e. The SMILES string of the molecule is c1ccc2c(-c3ccc(-c4nc(-n5c6ccccc6c6ccccc65)n5ccccc45)cc3)cccc2c1. The number of pyridine rings is 1. The van der Waals surface area contributed by atoms with Crippen LogP contribution in [0, 0.1) is 0 Å². The van der Waals surface area contributed by atoms with Crippen molar-refractivity contribution in [2.24, 2.45) is 0 Å². The van der Waals surface area contributed by atoms with Crippen LogP contribution in [0.4, 0.5) is 0 Å². The van der Waals surface area contributed by atoms with E-state index in [9.17, 15) is 0 Å². The van der Waals surface area contributed by atoms with Crippen LogP contribution >= 0.6 is 0 Å². The van der Waals surface area contributed by atoms with Gasteiger partial charge in [-0.3, -0.25) is 8.97 Å². The van der Waals surface area contributed by atoms with Crippen LogP contribution in [0.1, 0.15) is 0 Å². The van der Waals surface area contributed by atoms with E-state index < -0.39 is 0 Å². The number of hydrogen-bond donors (Lipinski definition) is 0. The third-order valence-corrected chi connectivity index (χ3v) is 7.57. The van der Waals surface area contributed by atoms with Gasteiger partial charge in [0.15, 0.2) is 0 Å². The Hall–Kier alpha value is -5.15. The largest absolute Gasteiger partial charge is 0.285 e. The van der Waals surface area contributed by atoms with Crippen LogP contribution in [0.3, 0.4) is 0 Å². The maximum absolute atomic E-state index is 5.28. The van der Waals surface area contributed by atoms with Gasteiger partial charge in [0.1, 0.15) is 0 Å². The lowest BCUT2D eigenvalue weighted by Gasteiger charge is -2.08. The third-order valence-electron chi connectivity index (χ3n) is 7.57. The molecule has 0 aliphatic heterocycles. The predicted molar refractivity (Wildman–Crippen MR) is 158 cm³/mol. The molecular weight excluding hydrogens is 462 g/mol. The van der Waals surface area contributed by atoms with Gasteiger partial charge in [0.25, 0.3) is 0 Å². The summed E-state index contributed by atoms with van der Waals surface area (Å²) in [5, 5.41) is 4.99. The Morgan fingerprint density at radius 1 is 0.447 bits per heavy atom. The minimum Gasteiger partial charge on any atom is -0.285 e. The molecule has 3 nitrogen and oxygen atoms in total. The Labute approximate surface area is 219 Å². The van der Waals surface area contributed by atoms with Gasteiger partial charge in [0.05, 0.1) is 22.2 Å². The zero-order chi connectivity index (χ0) is 25.1. The second-order valence-corrected chi connectivity index (χ2v) is 9.69. The number of fused-ring (bicyclic) bond motifs is 5. The normalized spacial score (nSPS) is 11.7. The summed E-state index contributed by atoms with van der Waals surface area (Å²) in [5.74, 6) is 0.895. The topological polar surface area (TPSA) is 22.2 Å². The van der Waals surface area contributed by atoms with E-state index in [0.717, 1.165) is 33.8 Å². The summed E-state index contributed by atoms with van der Waals surface area (Å²) in [6.45, 7) is 0. The van der Waals surface area contributed by atoms with E-state index in [1.54, 1.807) is 0 Å². The Morgan fingerprint density at radius 3 is 1.79 bits per heavy atom. The maximum Gasteiger partial charge on any atom is 0.220 e. The fourth-order valence-electron chi connectivity index (χ4n) is 5.81. The summed E-state index contributed by atoms with van der Waals surface area (Å²) in [7, 11) is 0. The van der Waals surface area contributed by atoms with E-state index in [1.807, 2.05) is 0 Å². The number of para-hydroxylation sites is 2. The van der Waals surface area contributed by atoms with Gasteiger partial charge in [0.2, 0.25) is 5.95 Å². The molecule has 0 amide bonds. The number of imidazole rings is 1. The lowest BCUT2D eigenvalue weighted by molar-refractivity contribution is 0.983. The van der Waals surface area contributed by atoms with E-state index in [4.69, 9.17) is 4.98 Å². The van der Waals surface area contributed by atoms with Crippen molar-refractivity contribution in [2.75, 3.05) is 0 Å². The summed E-state index contributed by atoms with van der Waals surface area (Å²) in [6, 6.07) is 47.3. The highest BCUT2D eigenvalue weighted by Gasteiger charge is 2.19. The van der Waals surface area contributed by atoms with Crippen LogP contribution in [0.15, 0.2) is 140 Å². The van der Waals surface area contributed by atoms with E-state index >= 15 is 0 Å². The highest BCUT2D eigenvalue weighted by Crippen LogP contribution is 2.35. The summed E-state index contributed by atoms with van der Waals surface area (Å²) < 4.78 is 4.48. The highest BCUT2D eigenvalue weighted by atomic mass is 15.2. The Bertz CT molecular complexity index is 2070. The van der Waals surface area contributed by atoms with Crippen molar-refractivity contribution < 1.29 is 0 Å². The fourth-order valence-corrected chi connectivity index (χ4v) is 5.81. The first-order valence-electron chi connectivity index (χ1n) is 12.9. The number of nitrogens with zero attached hydrogens (tertiary/aromatic N) is 3. The molecule has 3 aromatic heterocycles. The second kappa shape index (κ2) is 8.19. The minimum atomic E-state index is 0.895. The number of benzene rings is 5. The van der Waals surface area contributed by atoms with Crippen molar-refractivity contribution in [2.45, 2.75) is 0 Å². The lowest BCUT2D eigenvalue weighted by atomic mass is 9.97. The lowest BCUT2D eigenvalue weighted by Crippen LogP contribution is -2.00. The Kier molecular flexibility index (Phi) is 4.52. The molecule has 0 aliphatic carbocycles. The van der Waals surface area contributed by atoms with Crippen LogP contribution in [0.2, 0.25) is 0 Å². The first-order valence-corrected chi connectivity index (χ1v) is 12.9. The molecule has 0 bridgehead atoms. The number of aromatic nitrogens is 3. The van der Waals surface area contributed by atoms with Crippen molar-refractivity contribution in [3.8, 4) is 28.3 Å². The van der Waals surface area contributed by atoms with Crippen molar-refractivity contribution in [1.29, 1.82) is 0 Å². The molecule has 0 spiro atoms. The van der Waals surface area contributed by atoms with Crippen molar-refractivity contribution in [1.82, 2.24) is 14.0 Å². The number of rotatable bonds is 3. The molecule has 0 N–H and O–H groups in total. The van der Waals surface area contributed by atoms with E-state index in [0.29, 0.717) is 0 Å². The Balaban J connectivity index is 1.33. The van der Waals surface area contributed by atoms with Crippen molar-refractivity contribution >= 4 is 38.1 Å². The maximum atomic E-state index is 5.28. The van der Waals surface area contributed by atoms with Crippen LogP contribution in [0.25, 0.3) is 66.4 Å². The van der Waals surface area contributed by atoms with Crippen molar-refractivity contribution in [3.63, 3.8) is 0 Å². The molecule has 0 unspecified atom stereocenters. The summed E-state index contributed by atoms with van der Waals surface area (Å²) in [6.07, 6.45) is 2.11. The zero-order valence-corrected chi connectivity index (χ0v) is 20.6. The van der Waals surface area contributed by atoms with Crippen LogP contribution < -0.4 is 0 Å². The molecule has 3 heterocycles. The average molecular weight is 486 g/mol. The van der Waals surface area contributed by atoms with Gasteiger partial charge in [0, 0.05) is 22.5 Å². The van der Waals surface area contributed by atoms with Gasteiger partial charge in [-0.25, -0.2) is 4.98 Å². The molecule has 3 heteroatoms. The molecule has 8 rings (SSSR count). The van der Waals surface area contributed by atoms with Gasteiger partial charge < -0.3 is 0 Å². The quantitative estimate of drug-likeness (QED) is 0.245. The molecule has 0 saturated carbocycles. The molecule has 0 atom stereocenters. The van der Waals surface area contributed by atoms with Gasteiger partial charge >= 0.3 is 0 Å². The van der Waals surface area contributed by atoms with E-state index in [1.165, 1.54) is 32.7 Å². The molecule has 0 fully saturated rings. The average Bonchev–Trinajstić information content (AvgIpc) is 3.53. The van der Waals surface area contributed by atoms with Crippen molar-refractivity contribution in [3.05, 3.63) is 140 Å². The first-order chi connectivity index (χ1) is 18.9. The van der Waals surface area contributed by atoms with E-state index in [-0.39, 0.29) is 0 Å². The summed E-state index contributed by atoms with van der Waals surface area (Å²) in [5.41, 5.74) is 7.93.